The number of nitrogens with two attached hydrogens (primary N) is 1. The minimum Gasteiger partial charge on any atom is -0.395 e. The van der Waals surface area contributed by atoms with Gasteiger partial charge < -0.3 is 26.0 Å². The molecule has 0 saturated heterocycles. The van der Waals surface area contributed by atoms with Gasteiger partial charge in [0.2, 0.25) is 11.9 Å². The Bertz CT molecular complexity index is 678. The van der Waals surface area contributed by atoms with Gasteiger partial charge in [0.25, 0.3) is 5.56 Å². The predicted octanol–water partition coefficient (Wildman–Crippen LogP) is -2.60. The van der Waals surface area contributed by atoms with E-state index in [9.17, 15) is 9.59 Å². The molecule has 0 aliphatic carbocycles. The van der Waals surface area contributed by atoms with Gasteiger partial charge in [0.15, 0.2) is 11.2 Å². The number of hydrogen-bond donors (Lipinski definition) is 5. The molecule has 2 heterocycles. The number of nitrogens with one attached hydrogen (secondary N) is 3. The molecule has 0 unspecified atom stereocenters. The number of aliphatic hydroxyl groups excluding tert-OH is 1. The lowest BCUT2D eigenvalue weighted by atomic mass is 10.5. The molecule has 10 nitrogen and oxygen atoms in total. The summed E-state index contributed by atoms with van der Waals surface area (Å²) in [7, 11) is 0. The molecule has 0 bridgehead atoms. The van der Waals surface area contributed by atoms with Gasteiger partial charge in [-0.1, -0.05) is 0 Å². The monoisotopic (exact) mass is 295 g/mol. The van der Waals surface area contributed by atoms with Crippen molar-refractivity contribution in [2.75, 3.05) is 32.0 Å². The smallest absolute Gasteiger partial charge is 0.280 e. The highest BCUT2D eigenvalue weighted by Crippen LogP contribution is 2.05. The molecule has 2 rings (SSSR count). The zero-order valence-corrected chi connectivity index (χ0v) is 11.3. The fraction of sp³-hybridized carbons (Fsp3) is 0.455. The minimum absolute atomic E-state index is 0.00755. The van der Waals surface area contributed by atoms with Gasteiger partial charge in [0.1, 0.15) is 6.54 Å². The molecule has 2 aromatic heterocycles. The predicted molar refractivity (Wildman–Crippen MR) is 75.5 cm³/mol. The number of anilines is 1. The van der Waals surface area contributed by atoms with Crippen molar-refractivity contribution in [1.29, 1.82) is 0 Å². The summed E-state index contributed by atoms with van der Waals surface area (Å²) in [5.74, 6) is -0.261. The Balaban J connectivity index is 1.97. The molecule has 0 spiro atoms. The second-order valence-electron chi connectivity index (χ2n) is 4.32. The van der Waals surface area contributed by atoms with Gasteiger partial charge in [0, 0.05) is 19.6 Å². The van der Waals surface area contributed by atoms with Crippen LogP contribution in [0.4, 0.5) is 5.95 Å². The molecule has 0 fully saturated rings. The van der Waals surface area contributed by atoms with Crippen LogP contribution >= 0.6 is 0 Å². The third kappa shape index (κ3) is 3.77. The summed E-state index contributed by atoms with van der Waals surface area (Å²) in [5, 5.41) is 14.2. The zero-order valence-electron chi connectivity index (χ0n) is 11.3. The van der Waals surface area contributed by atoms with E-state index < -0.39 is 5.56 Å². The van der Waals surface area contributed by atoms with Crippen LogP contribution in [0.1, 0.15) is 0 Å². The van der Waals surface area contributed by atoms with Gasteiger partial charge in [-0.2, -0.15) is 4.98 Å². The highest BCUT2D eigenvalue weighted by Gasteiger charge is 2.11. The fourth-order valence-electron chi connectivity index (χ4n) is 1.79. The maximum atomic E-state index is 11.8. The molecule has 0 saturated carbocycles. The Hall–Kier alpha value is -2.46. The third-order valence-corrected chi connectivity index (χ3v) is 2.72. The van der Waals surface area contributed by atoms with Crippen LogP contribution in [0.2, 0.25) is 0 Å². The molecule has 2 aromatic rings. The topological polar surface area (TPSA) is 151 Å². The van der Waals surface area contributed by atoms with E-state index in [-0.39, 0.29) is 36.2 Å². The first-order chi connectivity index (χ1) is 10.1. The minimum atomic E-state index is -0.440. The number of nitrogens with zero attached hydrogens (tertiary/aromatic N) is 3. The lowest BCUT2D eigenvalue weighted by Crippen LogP contribution is -2.34. The standard InChI is InChI=1S/C11H17N7O3/c12-11-16-9-8(10(21)17-11)15-6-18(9)5-7(20)14-2-1-13-3-4-19/h6,13,19H,1-5H2,(H,14,20)(H3,12,16,17,21). The van der Waals surface area contributed by atoms with Crippen LogP contribution in [-0.2, 0) is 11.3 Å². The fourth-order valence-corrected chi connectivity index (χ4v) is 1.79. The molecule has 1 amide bonds. The first-order valence-electron chi connectivity index (χ1n) is 6.40. The van der Waals surface area contributed by atoms with E-state index >= 15 is 0 Å². The van der Waals surface area contributed by atoms with Gasteiger partial charge >= 0.3 is 0 Å². The number of aliphatic hydroxyl groups is 1. The Morgan fingerprint density at radius 3 is 3.00 bits per heavy atom. The van der Waals surface area contributed by atoms with Gasteiger partial charge in [-0.3, -0.25) is 14.6 Å². The lowest BCUT2D eigenvalue weighted by molar-refractivity contribution is -0.121. The van der Waals surface area contributed by atoms with Gasteiger partial charge in [-0.05, 0) is 0 Å². The van der Waals surface area contributed by atoms with Crippen molar-refractivity contribution in [1.82, 2.24) is 30.2 Å². The zero-order chi connectivity index (χ0) is 15.2. The molecule has 0 aliphatic heterocycles. The van der Waals surface area contributed by atoms with Crippen molar-refractivity contribution in [3.8, 4) is 0 Å². The van der Waals surface area contributed by atoms with Crippen LogP contribution in [0.25, 0.3) is 11.2 Å². The maximum Gasteiger partial charge on any atom is 0.280 e. The summed E-state index contributed by atoms with van der Waals surface area (Å²) in [6, 6.07) is 0. The summed E-state index contributed by atoms with van der Waals surface area (Å²) in [4.78, 5) is 33.6. The summed E-state index contributed by atoms with van der Waals surface area (Å²) in [6.45, 7) is 1.51. The Kier molecular flexibility index (Phi) is 4.85. The number of hydrogen-bond acceptors (Lipinski definition) is 7. The van der Waals surface area contributed by atoms with Crippen LogP contribution in [0.15, 0.2) is 11.1 Å². The average molecular weight is 295 g/mol. The number of nitrogen functional groups attached to an aromatic ring is 1. The number of aromatic amines is 1. The number of carbonyl (C=O) groups excluding carboxylic acids is 1. The van der Waals surface area contributed by atoms with Crippen molar-refractivity contribution >= 4 is 23.0 Å². The van der Waals surface area contributed by atoms with Gasteiger partial charge in [-0.15, -0.1) is 0 Å². The number of imidazole rings is 1. The quantitative estimate of drug-likeness (QED) is 0.351. The largest absolute Gasteiger partial charge is 0.395 e. The molecule has 114 valence electrons. The molecular weight excluding hydrogens is 278 g/mol. The summed E-state index contributed by atoms with van der Waals surface area (Å²) < 4.78 is 1.46. The molecule has 0 aliphatic rings. The van der Waals surface area contributed by atoms with E-state index in [1.54, 1.807) is 0 Å². The highest BCUT2D eigenvalue weighted by atomic mass is 16.3. The summed E-state index contributed by atoms with van der Waals surface area (Å²) in [6.07, 6.45) is 1.37. The van der Waals surface area contributed by atoms with Crippen LogP contribution < -0.4 is 21.9 Å². The highest BCUT2D eigenvalue weighted by molar-refractivity contribution is 5.78. The number of H-pyrrole nitrogens is 1. The van der Waals surface area contributed by atoms with Crippen LogP contribution in [0, 0.1) is 0 Å². The Labute approximate surface area is 119 Å². The van der Waals surface area contributed by atoms with Crippen molar-refractivity contribution in [3.05, 3.63) is 16.7 Å². The van der Waals surface area contributed by atoms with Crippen LogP contribution in [0.3, 0.4) is 0 Å². The van der Waals surface area contributed by atoms with Crippen LogP contribution in [-0.4, -0.2) is 56.8 Å². The number of rotatable bonds is 7. The normalized spacial score (nSPS) is 10.9. The summed E-state index contributed by atoms with van der Waals surface area (Å²) >= 11 is 0. The van der Waals surface area contributed by atoms with Gasteiger partial charge in [-0.25, -0.2) is 4.98 Å². The molecule has 10 heteroatoms. The SMILES string of the molecule is Nc1nc2c(ncn2CC(=O)NCCNCCO)c(=O)[nH]1. The van der Waals surface area contributed by atoms with Gasteiger partial charge in [0.05, 0.1) is 12.9 Å². The van der Waals surface area contributed by atoms with E-state index in [4.69, 9.17) is 10.8 Å². The maximum absolute atomic E-state index is 11.8. The average Bonchev–Trinajstić information content (AvgIpc) is 2.82. The number of carbonyl (C=O) groups is 1. The van der Waals surface area contributed by atoms with E-state index in [0.717, 1.165) is 0 Å². The first kappa shape index (κ1) is 14.9. The second-order valence-corrected chi connectivity index (χ2v) is 4.32. The van der Waals surface area contributed by atoms with Crippen molar-refractivity contribution in [3.63, 3.8) is 0 Å². The van der Waals surface area contributed by atoms with E-state index in [1.165, 1.54) is 10.9 Å². The lowest BCUT2D eigenvalue weighted by Gasteiger charge is -2.07. The molecular formula is C11H17N7O3. The van der Waals surface area contributed by atoms with Crippen molar-refractivity contribution < 1.29 is 9.90 Å². The molecule has 0 radical (unpaired) electrons. The van der Waals surface area contributed by atoms with E-state index in [1.807, 2.05) is 0 Å². The molecule has 0 atom stereocenters. The third-order valence-electron chi connectivity index (χ3n) is 2.72. The molecule has 0 aromatic carbocycles. The molecule has 6 N–H and O–H groups in total. The van der Waals surface area contributed by atoms with E-state index in [0.29, 0.717) is 19.6 Å². The number of amides is 1. The van der Waals surface area contributed by atoms with E-state index in [2.05, 4.69) is 25.6 Å². The van der Waals surface area contributed by atoms with Crippen molar-refractivity contribution in [2.45, 2.75) is 6.54 Å². The second kappa shape index (κ2) is 6.81. The Morgan fingerprint density at radius 1 is 1.43 bits per heavy atom. The Morgan fingerprint density at radius 2 is 2.24 bits per heavy atom. The van der Waals surface area contributed by atoms with Crippen LogP contribution in [0.5, 0.6) is 0 Å². The van der Waals surface area contributed by atoms with Crippen molar-refractivity contribution in [2.24, 2.45) is 0 Å². The number of fused-ring (bicyclic) bond motifs is 1. The summed E-state index contributed by atoms with van der Waals surface area (Å²) in [5.41, 5.74) is 5.44. The first-order valence-corrected chi connectivity index (χ1v) is 6.40. The number of aromatic nitrogens is 4. The molecule has 21 heavy (non-hydrogen) atoms.